The maximum atomic E-state index is 12.8. The van der Waals surface area contributed by atoms with Crippen molar-refractivity contribution >= 4 is 12.2 Å². The van der Waals surface area contributed by atoms with Gasteiger partial charge in [0.1, 0.15) is 16.5 Å². The molecule has 2 unspecified atom stereocenters. The quantitative estimate of drug-likeness (QED) is 0.449. The number of morpholine rings is 1. The third-order valence-electron chi connectivity index (χ3n) is 5.96. The van der Waals surface area contributed by atoms with E-state index >= 15 is 0 Å². The third-order valence-corrected chi connectivity index (χ3v) is 5.96. The Bertz CT molecular complexity index is 1310. The number of ether oxygens (including phenoxy) is 1. The van der Waals surface area contributed by atoms with Crippen LogP contribution in [0.25, 0.3) is 12.2 Å². The normalized spacial score (nSPS) is 18.7. The van der Waals surface area contributed by atoms with Gasteiger partial charge in [-0.1, -0.05) is 51.1 Å². The number of rotatable bonds is 6. The average molecular weight is 450 g/mol. The molecule has 1 aromatic carbocycles. The Balaban J connectivity index is 1.75. The van der Waals surface area contributed by atoms with Crippen molar-refractivity contribution in [1.29, 1.82) is 0 Å². The Morgan fingerprint density at radius 1 is 1.06 bits per heavy atom. The van der Waals surface area contributed by atoms with Gasteiger partial charge in [-0.05, 0) is 30.1 Å². The number of aromatic amines is 3. The molecule has 0 bridgehead atoms. The van der Waals surface area contributed by atoms with Crippen LogP contribution in [0.1, 0.15) is 61.8 Å². The summed E-state index contributed by atoms with van der Waals surface area (Å²) in [4.78, 5) is 39.2. The van der Waals surface area contributed by atoms with Crippen LogP contribution >= 0.6 is 0 Å². The average Bonchev–Trinajstić information content (AvgIpc) is 3.23. The van der Waals surface area contributed by atoms with Gasteiger partial charge in [-0.25, -0.2) is 4.98 Å². The molecule has 2 aromatic heterocycles. The van der Waals surface area contributed by atoms with E-state index < -0.39 is 0 Å². The monoisotopic (exact) mass is 449 g/mol. The van der Waals surface area contributed by atoms with Gasteiger partial charge in [0, 0.05) is 24.2 Å². The zero-order valence-electron chi connectivity index (χ0n) is 19.3. The molecule has 3 aromatic rings. The van der Waals surface area contributed by atoms with Crippen LogP contribution in [0.5, 0.6) is 0 Å². The van der Waals surface area contributed by atoms with E-state index in [1.807, 2.05) is 30.3 Å². The minimum atomic E-state index is -0.370. The number of hydrogen-bond acceptors (Lipinski definition) is 5. The number of aromatic nitrogens is 4. The van der Waals surface area contributed by atoms with Crippen LogP contribution in [-0.2, 0) is 4.74 Å². The lowest BCUT2D eigenvalue weighted by Gasteiger charge is -2.29. The lowest BCUT2D eigenvalue weighted by Crippen LogP contribution is -2.46. The highest BCUT2D eigenvalue weighted by molar-refractivity contribution is 5.49. The molecular weight excluding hydrogens is 418 g/mol. The van der Waals surface area contributed by atoms with E-state index in [0.29, 0.717) is 12.3 Å². The number of H-pyrrole nitrogens is 3. The molecule has 0 aliphatic carbocycles. The first kappa shape index (κ1) is 22.9. The lowest BCUT2D eigenvalue weighted by atomic mass is 9.96. The zero-order chi connectivity index (χ0) is 23.4. The molecule has 8 nitrogen and oxygen atoms in total. The fourth-order valence-corrected chi connectivity index (χ4v) is 4.21. The lowest BCUT2D eigenvalue weighted by molar-refractivity contribution is 0.0664. The van der Waals surface area contributed by atoms with Crippen LogP contribution in [0.4, 0.5) is 0 Å². The first-order valence-electron chi connectivity index (χ1n) is 11.5. The largest absolute Gasteiger partial charge is 0.378 e. The number of benzene rings is 1. The van der Waals surface area contributed by atoms with E-state index in [4.69, 9.17) is 9.72 Å². The molecule has 0 saturated carbocycles. The predicted octanol–water partition coefficient (Wildman–Crippen LogP) is 1.05. The topological polar surface area (TPSA) is 116 Å². The first-order chi connectivity index (χ1) is 16.0. The van der Waals surface area contributed by atoms with Crippen LogP contribution in [0.2, 0.25) is 0 Å². The van der Waals surface area contributed by atoms with Gasteiger partial charge in [0.2, 0.25) is 0 Å². The van der Waals surface area contributed by atoms with Gasteiger partial charge in [0.05, 0.1) is 18.9 Å². The fraction of sp³-hybridized carbons (Fsp3) is 0.400. The van der Waals surface area contributed by atoms with Crippen molar-refractivity contribution in [2.24, 2.45) is 0 Å². The van der Waals surface area contributed by atoms with Gasteiger partial charge in [-0.2, -0.15) is 0 Å². The minimum absolute atomic E-state index is 0.158. The summed E-state index contributed by atoms with van der Waals surface area (Å²) in [6, 6.07) is 9.57. The number of nitrogens with zero attached hydrogens (tertiary/aromatic N) is 1. The fourth-order valence-electron chi connectivity index (χ4n) is 4.21. The van der Waals surface area contributed by atoms with E-state index in [1.165, 1.54) is 0 Å². The summed E-state index contributed by atoms with van der Waals surface area (Å²) in [6.45, 7) is 8.45. The second kappa shape index (κ2) is 10.1. The summed E-state index contributed by atoms with van der Waals surface area (Å²) in [7, 11) is 0. The minimum Gasteiger partial charge on any atom is -0.378 e. The molecule has 33 heavy (non-hydrogen) atoms. The zero-order valence-corrected chi connectivity index (χ0v) is 19.3. The van der Waals surface area contributed by atoms with Gasteiger partial charge in [-0.3, -0.25) is 9.59 Å². The summed E-state index contributed by atoms with van der Waals surface area (Å²) in [5.41, 5.74) is 1.70. The van der Waals surface area contributed by atoms with E-state index in [0.717, 1.165) is 36.7 Å². The van der Waals surface area contributed by atoms with Crippen molar-refractivity contribution in [2.75, 3.05) is 19.8 Å². The Hall–Kier alpha value is -3.23. The van der Waals surface area contributed by atoms with Crippen molar-refractivity contribution in [1.82, 2.24) is 25.3 Å². The van der Waals surface area contributed by atoms with Gasteiger partial charge < -0.3 is 25.0 Å². The summed E-state index contributed by atoms with van der Waals surface area (Å²) in [5, 5.41) is 3.91. The molecule has 0 radical (unpaired) electrons. The predicted molar refractivity (Wildman–Crippen MR) is 129 cm³/mol. The Morgan fingerprint density at radius 3 is 2.36 bits per heavy atom. The molecule has 1 aliphatic rings. The summed E-state index contributed by atoms with van der Waals surface area (Å²) >= 11 is 0. The van der Waals surface area contributed by atoms with Gasteiger partial charge >= 0.3 is 0 Å². The van der Waals surface area contributed by atoms with Crippen LogP contribution in [-0.4, -0.2) is 45.7 Å². The molecule has 4 rings (SSSR count). The maximum absolute atomic E-state index is 12.8. The highest BCUT2D eigenvalue weighted by atomic mass is 16.5. The summed E-state index contributed by atoms with van der Waals surface area (Å²) in [5.74, 6) is 1.19. The van der Waals surface area contributed by atoms with Crippen LogP contribution in [0, 0.1) is 0 Å². The second-order valence-electron chi connectivity index (χ2n) is 8.66. The second-order valence-corrected chi connectivity index (χ2v) is 8.66. The van der Waals surface area contributed by atoms with Crippen LogP contribution < -0.4 is 27.1 Å². The van der Waals surface area contributed by atoms with Gasteiger partial charge in [-0.15, -0.1) is 0 Å². The molecule has 4 N–H and O–H groups in total. The highest BCUT2D eigenvalue weighted by Gasteiger charge is 2.27. The smallest absolute Gasteiger partial charge is 0.272 e. The molecular formula is C25H31N5O3. The Kier molecular flexibility index (Phi) is 7.05. The van der Waals surface area contributed by atoms with E-state index in [2.05, 4.69) is 41.0 Å². The van der Waals surface area contributed by atoms with E-state index in [1.54, 1.807) is 12.2 Å². The van der Waals surface area contributed by atoms with Crippen molar-refractivity contribution in [2.45, 2.75) is 45.1 Å². The molecule has 0 amide bonds. The molecule has 2 atom stereocenters. The number of hydrogen-bond donors (Lipinski definition) is 4. The summed E-state index contributed by atoms with van der Waals surface area (Å²) < 4.78 is 5.65. The van der Waals surface area contributed by atoms with E-state index in [9.17, 15) is 9.59 Å². The van der Waals surface area contributed by atoms with Gasteiger partial charge in [0.15, 0.2) is 0 Å². The standard InChI is InChI=1S/C25H31N5O3/c1-4-17(21-14-33-11-10-26-21)23-27-18(22(30-23)15(2)3)13-20-25(32)28-19(24(31)29-20)12-16-8-6-5-7-9-16/h5-9,12-13,15,17,21,26H,4,10-11,14H2,1-3H3,(H,27,30)(H,28,32)(H,29,31)/b19-12-,20-13-. The summed E-state index contributed by atoms with van der Waals surface area (Å²) in [6.07, 6.45) is 4.20. The molecule has 8 heteroatoms. The number of imidazole rings is 1. The van der Waals surface area contributed by atoms with Crippen LogP contribution in [0.15, 0.2) is 39.9 Å². The third kappa shape index (κ3) is 5.23. The SMILES string of the molecule is CCC(c1nc(/C=c2\[nH]c(=O)/c(=C/c3ccccc3)[nH]c2=O)c(C(C)C)[nH]1)C1COCCN1. The molecule has 174 valence electrons. The van der Waals surface area contributed by atoms with Crippen molar-refractivity contribution < 1.29 is 4.74 Å². The molecule has 1 saturated heterocycles. The molecule has 3 heterocycles. The van der Waals surface area contributed by atoms with E-state index in [-0.39, 0.29) is 39.7 Å². The molecule has 1 aliphatic heterocycles. The van der Waals surface area contributed by atoms with Crippen molar-refractivity contribution in [3.05, 3.63) is 84.5 Å². The Labute approximate surface area is 191 Å². The molecule has 0 spiro atoms. The first-order valence-corrected chi connectivity index (χ1v) is 11.5. The van der Waals surface area contributed by atoms with Gasteiger partial charge in [0.25, 0.3) is 11.1 Å². The number of nitrogens with one attached hydrogen (secondary N) is 4. The Morgan fingerprint density at radius 2 is 1.76 bits per heavy atom. The highest BCUT2D eigenvalue weighted by Crippen LogP contribution is 2.26. The van der Waals surface area contributed by atoms with Crippen molar-refractivity contribution in [3.63, 3.8) is 0 Å². The molecule has 1 fully saturated rings. The van der Waals surface area contributed by atoms with Crippen molar-refractivity contribution in [3.8, 4) is 0 Å². The maximum Gasteiger partial charge on any atom is 0.272 e. The van der Waals surface area contributed by atoms with Crippen LogP contribution in [0.3, 0.4) is 0 Å².